The van der Waals surface area contributed by atoms with Gasteiger partial charge in [-0.3, -0.25) is 4.90 Å². The third-order valence-corrected chi connectivity index (χ3v) is 4.03. The lowest BCUT2D eigenvalue weighted by Crippen LogP contribution is -2.43. The molecule has 4 atom stereocenters. The van der Waals surface area contributed by atoms with E-state index in [0.717, 1.165) is 24.3 Å². The van der Waals surface area contributed by atoms with Crippen LogP contribution in [0.15, 0.2) is 0 Å². The van der Waals surface area contributed by atoms with Gasteiger partial charge in [-0.2, -0.15) is 0 Å². The van der Waals surface area contributed by atoms with E-state index in [2.05, 4.69) is 32.6 Å². The van der Waals surface area contributed by atoms with E-state index in [9.17, 15) is 0 Å². The number of nitrogens with two attached hydrogens (primary N) is 1. The Labute approximate surface area is 88.8 Å². The summed E-state index contributed by atoms with van der Waals surface area (Å²) in [4.78, 5) is 2.60. The van der Waals surface area contributed by atoms with E-state index in [4.69, 9.17) is 5.73 Å². The van der Waals surface area contributed by atoms with Gasteiger partial charge < -0.3 is 5.73 Å². The smallest absolute Gasteiger partial charge is 0.0244 e. The lowest BCUT2D eigenvalue weighted by Gasteiger charge is -2.31. The summed E-state index contributed by atoms with van der Waals surface area (Å²) >= 11 is 0. The van der Waals surface area contributed by atoms with Crippen molar-refractivity contribution < 1.29 is 0 Å². The summed E-state index contributed by atoms with van der Waals surface area (Å²) in [6.45, 7) is 12.6. The van der Waals surface area contributed by atoms with Gasteiger partial charge in [0.25, 0.3) is 0 Å². The average Bonchev–Trinajstić information content (AvgIpc) is 2.48. The van der Waals surface area contributed by atoms with Crippen LogP contribution in [0.25, 0.3) is 0 Å². The molecule has 1 aliphatic heterocycles. The fraction of sp³-hybridized carbons (Fsp3) is 1.00. The highest BCUT2D eigenvalue weighted by Gasteiger charge is 2.32. The van der Waals surface area contributed by atoms with Gasteiger partial charge in [-0.1, -0.05) is 34.1 Å². The molecular weight excluding hydrogens is 172 g/mol. The maximum absolute atomic E-state index is 5.88. The highest BCUT2D eigenvalue weighted by atomic mass is 15.2. The van der Waals surface area contributed by atoms with Crippen LogP contribution >= 0.6 is 0 Å². The van der Waals surface area contributed by atoms with Crippen LogP contribution in [0.1, 0.15) is 34.1 Å². The summed E-state index contributed by atoms with van der Waals surface area (Å²) in [5.74, 6) is 2.42. The van der Waals surface area contributed by atoms with Gasteiger partial charge in [-0.05, 0) is 17.8 Å². The van der Waals surface area contributed by atoms with E-state index in [1.807, 2.05) is 0 Å². The molecule has 0 spiro atoms. The molecule has 2 N–H and O–H groups in total. The van der Waals surface area contributed by atoms with E-state index in [1.165, 1.54) is 19.5 Å². The Balaban J connectivity index is 2.54. The van der Waals surface area contributed by atoms with Gasteiger partial charge >= 0.3 is 0 Å². The summed E-state index contributed by atoms with van der Waals surface area (Å²) in [6.07, 6.45) is 1.24. The number of nitrogens with zero attached hydrogens (tertiary/aromatic N) is 1. The molecule has 0 aromatic carbocycles. The van der Waals surface area contributed by atoms with Crippen LogP contribution in [0.2, 0.25) is 0 Å². The van der Waals surface area contributed by atoms with Gasteiger partial charge in [0.2, 0.25) is 0 Å². The van der Waals surface area contributed by atoms with Crippen LogP contribution < -0.4 is 5.73 Å². The topological polar surface area (TPSA) is 29.3 Å². The molecule has 2 heteroatoms. The van der Waals surface area contributed by atoms with Crippen molar-refractivity contribution in [1.29, 1.82) is 0 Å². The predicted molar refractivity (Wildman–Crippen MR) is 62.2 cm³/mol. The molecule has 0 bridgehead atoms. The maximum Gasteiger partial charge on any atom is 0.0244 e. The third-order valence-electron chi connectivity index (χ3n) is 4.03. The van der Waals surface area contributed by atoms with Crippen LogP contribution in [0, 0.1) is 17.8 Å². The first-order chi connectivity index (χ1) is 6.60. The summed E-state index contributed by atoms with van der Waals surface area (Å²) in [6, 6.07) is 0.604. The molecule has 4 unspecified atom stereocenters. The van der Waals surface area contributed by atoms with Crippen molar-refractivity contribution in [3.63, 3.8) is 0 Å². The molecule has 0 aromatic heterocycles. The quantitative estimate of drug-likeness (QED) is 0.748. The van der Waals surface area contributed by atoms with Gasteiger partial charge in [-0.25, -0.2) is 0 Å². The van der Waals surface area contributed by atoms with Crippen molar-refractivity contribution in [2.75, 3.05) is 19.6 Å². The molecule has 1 heterocycles. The van der Waals surface area contributed by atoms with E-state index in [0.29, 0.717) is 6.04 Å². The second kappa shape index (κ2) is 5.13. The Kier molecular flexibility index (Phi) is 4.39. The maximum atomic E-state index is 5.88. The lowest BCUT2D eigenvalue weighted by molar-refractivity contribution is 0.177. The van der Waals surface area contributed by atoms with Gasteiger partial charge in [0, 0.05) is 25.7 Å². The van der Waals surface area contributed by atoms with Crippen molar-refractivity contribution in [3.8, 4) is 0 Å². The van der Waals surface area contributed by atoms with Crippen molar-refractivity contribution in [2.24, 2.45) is 23.5 Å². The molecule has 0 aromatic rings. The molecule has 1 fully saturated rings. The number of rotatable bonds is 4. The summed E-state index contributed by atoms with van der Waals surface area (Å²) in [5.41, 5.74) is 5.88. The van der Waals surface area contributed by atoms with Crippen LogP contribution in [-0.2, 0) is 0 Å². The molecule has 0 amide bonds. The predicted octanol–water partition coefficient (Wildman–Crippen LogP) is 1.95. The molecule has 1 rings (SSSR count). The number of likely N-dealkylation sites (tertiary alicyclic amines) is 1. The SMILES string of the molecule is CCC(C)C(CN)N1CC(C)C(C)C1. The highest BCUT2D eigenvalue weighted by Crippen LogP contribution is 2.26. The van der Waals surface area contributed by atoms with Crippen molar-refractivity contribution in [1.82, 2.24) is 4.90 Å². The molecule has 84 valence electrons. The van der Waals surface area contributed by atoms with Crippen LogP contribution in [0.5, 0.6) is 0 Å². The lowest BCUT2D eigenvalue weighted by atomic mass is 9.98. The van der Waals surface area contributed by atoms with Crippen molar-refractivity contribution in [2.45, 2.75) is 40.2 Å². The highest BCUT2D eigenvalue weighted by molar-refractivity contribution is 4.86. The second-order valence-electron chi connectivity index (χ2n) is 5.10. The largest absolute Gasteiger partial charge is 0.329 e. The minimum absolute atomic E-state index is 0.604. The Morgan fingerprint density at radius 2 is 1.79 bits per heavy atom. The molecule has 0 aliphatic carbocycles. The number of hydrogen-bond acceptors (Lipinski definition) is 2. The monoisotopic (exact) mass is 198 g/mol. The van der Waals surface area contributed by atoms with Gasteiger partial charge in [0.1, 0.15) is 0 Å². The van der Waals surface area contributed by atoms with E-state index in [1.54, 1.807) is 0 Å². The van der Waals surface area contributed by atoms with E-state index in [-0.39, 0.29) is 0 Å². The zero-order chi connectivity index (χ0) is 10.7. The van der Waals surface area contributed by atoms with Crippen LogP contribution in [-0.4, -0.2) is 30.6 Å². The first-order valence-corrected chi connectivity index (χ1v) is 6.04. The Morgan fingerprint density at radius 3 is 2.14 bits per heavy atom. The summed E-state index contributed by atoms with van der Waals surface area (Å²) in [7, 11) is 0. The average molecular weight is 198 g/mol. The normalized spacial score (nSPS) is 33.2. The molecule has 1 saturated heterocycles. The molecule has 2 nitrogen and oxygen atoms in total. The molecule has 1 aliphatic rings. The Hall–Kier alpha value is -0.0800. The van der Waals surface area contributed by atoms with E-state index < -0.39 is 0 Å². The zero-order valence-corrected chi connectivity index (χ0v) is 10.2. The van der Waals surface area contributed by atoms with E-state index >= 15 is 0 Å². The van der Waals surface area contributed by atoms with Crippen molar-refractivity contribution in [3.05, 3.63) is 0 Å². The first kappa shape index (κ1) is 12.0. The van der Waals surface area contributed by atoms with Gasteiger partial charge in [0.05, 0.1) is 0 Å². The van der Waals surface area contributed by atoms with Crippen molar-refractivity contribution >= 4 is 0 Å². The minimum atomic E-state index is 0.604. The fourth-order valence-electron chi connectivity index (χ4n) is 2.46. The Morgan fingerprint density at radius 1 is 1.29 bits per heavy atom. The summed E-state index contributed by atoms with van der Waals surface area (Å²) in [5, 5.41) is 0. The standard InChI is InChI=1S/C12H26N2/c1-5-9(2)12(6-13)14-7-10(3)11(4)8-14/h9-12H,5-8,13H2,1-4H3. The first-order valence-electron chi connectivity index (χ1n) is 6.04. The molecule has 0 saturated carbocycles. The second-order valence-corrected chi connectivity index (χ2v) is 5.10. The van der Waals surface area contributed by atoms with Crippen LogP contribution in [0.4, 0.5) is 0 Å². The van der Waals surface area contributed by atoms with Gasteiger partial charge in [0.15, 0.2) is 0 Å². The zero-order valence-electron chi connectivity index (χ0n) is 10.2. The summed E-state index contributed by atoms with van der Waals surface area (Å²) < 4.78 is 0. The minimum Gasteiger partial charge on any atom is -0.329 e. The molecule has 14 heavy (non-hydrogen) atoms. The van der Waals surface area contributed by atoms with Crippen LogP contribution in [0.3, 0.4) is 0 Å². The Bertz CT molecular complexity index is 160. The molecular formula is C12H26N2. The van der Waals surface area contributed by atoms with Gasteiger partial charge in [-0.15, -0.1) is 0 Å². The molecule has 0 radical (unpaired) electrons. The third kappa shape index (κ3) is 2.48. The fourth-order valence-corrected chi connectivity index (χ4v) is 2.46. The number of hydrogen-bond donors (Lipinski definition) is 1.